The molecule has 0 aromatic heterocycles. The van der Waals surface area contributed by atoms with Crippen molar-refractivity contribution in [3.05, 3.63) is 36.4 Å². The fourth-order valence-corrected chi connectivity index (χ4v) is 1.89. The second-order valence-corrected chi connectivity index (χ2v) is 5.72. The number of carbonyl (C=O) groups excluding carboxylic acids is 1. The van der Waals surface area contributed by atoms with Crippen molar-refractivity contribution < 1.29 is 22.7 Å². The van der Waals surface area contributed by atoms with E-state index in [1.54, 1.807) is 19.1 Å². The Balaban J connectivity index is 2.49. The largest absolute Gasteiger partial charge is 0.490 e. The summed E-state index contributed by atoms with van der Waals surface area (Å²) in [7, 11) is -3.19. The molecule has 1 aromatic carbocycles. The van der Waals surface area contributed by atoms with Gasteiger partial charge in [0.15, 0.2) is 9.84 Å². The highest BCUT2D eigenvalue weighted by molar-refractivity contribution is 7.90. The van der Waals surface area contributed by atoms with E-state index in [1.807, 2.05) is 0 Å². The third-order valence-corrected chi connectivity index (χ3v) is 3.27. The summed E-state index contributed by atoms with van der Waals surface area (Å²) in [6.07, 6.45) is 3.96. The maximum atomic E-state index is 11.2. The molecule has 0 bridgehead atoms. The second-order valence-electron chi connectivity index (χ2n) is 3.71. The van der Waals surface area contributed by atoms with Crippen LogP contribution in [0.5, 0.6) is 5.75 Å². The summed E-state index contributed by atoms with van der Waals surface area (Å²) in [4.78, 5) is 11.2. The second kappa shape index (κ2) is 6.94. The Labute approximate surface area is 112 Å². The molecule has 0 heterocycles. The zero-order chi connectivity index (χ0) is 14.3. The van der Waals surface area contributed by atoms with Crippen molar-refractivity contribution in [2.24, 2.45) is 0 Å². The van der Waals surface area contributed by atoms with Crippen molar-refractivity contribution in [3.63, 3.8) is 0 Å². The zero-order valence-electron chi connectivity index (χ0n) is 10.8. The lowest BCUT2D eigenvalue weighted by atomic mass is 10.3. The van der Waals surface area contributed by atoms with Gasteiger partial charge in [0, 0.05) is 12.3 Å². The van der Waals surface area contributed by atoms with Crippen LogP contribution in [0.25, 0.3) is 0 Å². The first-order valence-corrected chi connectivity index (χ1v) is 7.59. The summed E-state index contributed by atoms with van der Waals surface area (Å²) in [5.74, 6) is 0.111. The molecule has 0 fully saturated rings. The van der Waals surface area contributed by atoms with Gasteiger partial charge in [-0.1, -0.05) is 0 Å². The van der Waals surface area contributed by atoms with E-state index in [0.29, 0.717) is 12.4 Å². The Hall–Kier alpha value is -1.82. The average molecular weight is 284 g/mol. The van der Waals surface area contributed by atoms with Crippen molar-refractivity contribution in [1.29, 1.82) is 0 Å². The fourth-order valence-electron chi connectivity index (χ4n) is 1.26. The Morgan fingerprint density at radius 1 is 1.26 bits per heavy atom. The first kappa shape index (κ1) is 15.2. The molecule has 6 heteroatoms. The molecule has 0 saturated heterocycles. The smallest absolute Gasteiger partial charge is 0.330 e. The van der Waals surface area contributed by atoms with Crippen LogP contribution >= 0.6 is 0 Å². The van der Waals surface area contributed by atoms with Crippen LogP contribution in [-0.2, 0) is 19.4 Å². The van der Waals surface area contributed by atoms with Crippen LogP contribution in [0.2, 0.25) is 0 Å². The van der Waals surface area contributed by atoms with Gasteiger partial charge in [0.2, 0.25) is 0 Å². The lowest BCUT2D eigenvalue weighted by Gasteiger charge is -2.04. The summed E-state index contributed by atoms with van der Waals surface area (Å²) >= 11 is 0. The highest BCUT2D eigenvalue weighted by atomic mass is 32.2. The van der Waals surface area contributed by atoms with Gasteiger partial charge in [-0.25, -0.2) is 13.2 Å². The Morgan fingerprint density at radius 3 is 2.42 bits per heavy atom. The van der Waals surface area contributed by atoms with Crippen molar-refractivity contribution in [2.75, 3.05) is 19.5 Å². The summed E-state index contributed by atoms with van der Waals surface area (Å²) in [5, 5.41) is 0. The Bertz CT molecular complexity index is 543. The van der Waals surface area contributed by atoms with Gasteiger partial charge in [-0.15, -0.1) is 0 Å². The molecule has 19 heavy (non-hydrogen) atoms. The van der Waals surface area contributed by atoms with Gasteiger partial charge < -0.3 is 9.47 Å². The molecule has 0 unspecified atom stereocenters. The van der Waals surface area contributed by atoms with Gasteiger partial charge >= 0.3 is 5.97 Å². The quantitative estimate of drug-likeness (QED) is 0.586. The van der Waals surface area contributed by atoms with Crippen molar-refractivity contribution in [2.45, 2.75) is 11.8 Å². The number of hydrogen-bond donors (Lipinski definition) is 0. The number of rotatable bonds is 6. The van der Waals surface area contributed by atoms with E-state index < -0.39 is 15.8 Å². The monoisotopic (exact) mass is 284 g/mol. The van der Waals surface area contributed by atoms with Crippen molar-refractivity contribution in [3.8, 4) is 5.75 Å². The third-order valence-electron chi connectivity index (χ3n) is 2.14. The first-order valence-electron chi connectivity index (χ1n) is 5.69. The molecule has 0 radical (unpaired) electrons. The van der Waals surface area contributed by atoms with E-state index in [-0.39, 0.29) is 11.5 Å². The van der Waals surface area contributed by atoms with Crippen molar-refractivity contribution >= 4 is 15.8 Å². The van der Waals surface area contributed by atoms with Crippen LogP contribution in [0.4, 0.5) is 0 Å². The molecule has 1 aromatic rings. The van der Waals surface area contributed by atoms with Crippen LogP contribution in [0.1, 0.15) is 6.92 Å². The Morgan fingerprint density at radius 2 is 1.89 bits per heavy atom. The molecule has 0 saturated carbocycles. The number of carbonyl (C=O) groups is 1. The minimum absolute atomic E-state index is 0.205. The molecule has 0 aliphatic rings. The normalized spacial score (nSPS) is 11.5. The SMILES string of the molecule is CCOC(=O)/C=C/COc1ccc(S(C)(=O)=O)cc1. The molecular formula is C13H16O5S. The van der Waals surface area contributed by atoms with Gasteiger partial charge in [0.05, 0.1) is 11.5 Å². The van der Waals surface area contributed by atoms with Gasteiger partial charge in [-0.2, -0.15) is 0 Å². The highest BCUT2D eigenvalue weighted by Crippen LogP contribution is 2.15. The summed E-state index contributed by atoms with van der Waals surface area (Å²) in [5.41, 5.74) is 0. The average Bonchev–Trinajstić information content (AvgIpc) is 2.34. The number of benzene rings is 1. The first-order chi connectivity index (χ1) is 8.93. The summed E-state index contributed by atoms with van der Waals surface area (Å²) in [6, 6.07) is 6.07. The minimum Gasteiger partial charge on any atom is -0.490 e. The summed E-state index contributed by atoms with van der Waals surface area (Å²) < 4.78 is 32.5. The van der Waals surface area contributed by atoms with E-state index in [9.17, 15) is 13.2 Å². The molecule has 0 amide bonds. The van der Waals surface area contributed by atoms with Crippen LogP contribution < -0.4 is 4.74 Å². The van der Waals surface area contributed by atoms with Gasteiger partial charge in [0.25, 0.3) is 0 Å². The maximum absolute atomic E-state index is 11.2. The summed E-state index contributed by atoms with van der Waals surface area (Å²) in [6.45, 7) is 2.26. The lowest BCUT2D eigenvalue weighted by Crippen LogP contribution is -2.01. The minimum atomic E-state index is -3.19. The standard InChI is InChI=1S/C13H16O5S/c1-3-17-13(14)5-4-10-18-11-6-8-12(9-7-11)19(2,15)16/h4-9H,3,10H2,1-2H3/b5-4+. The molecule has 0 atom stereocenters. The molecular weight excluding hydrogens is 268 g/mol. The van der Waals surface area contributed by atoms with E-state index in [4.69, 9.17) is 9.47 Å². The number of ether oxygens (including phenoxy) is 2. The van der Waals surface area contributed by atoms with Crippen LogP contribution in [0.3, 0.4) is 0 Å². The van der Waals surface area contributed by atoms with E-state index >= 15 is 0 Å². The predicted octanol–water partition coefficient (Wildman–Crippen LogP) is 1.59. The van der Waals surface area contributed by atoms with Gasteiger partial charge in [-0.05, 0) is 37.3 Å². The topological polar surface area (TPSA) is 69.7 Å². The van der Waals surface area contributed by atoms with Crippen LogP contribution in [0, 0.1) is 0 Å². The van der Waals surface area contributed by atoms with Crippen LogP contribution in [0.15, 0.2) is 41.3 Å². The van der Waals surface area contributed by atoms with Crippen molar-refractivity contribution in [1.82, 2.24) is 0 Å². The van der Waals surface area contributed by atoms with E-state index in [0.717, 1.165) is 6.26 Å². The molecule has 0 spiro atoms. The third kappa shape index (κ3) is 5.56. The van der Waals surface area contributed by atoms with Gasteiger partial charge in [0.1, 0.15) is 12.4 Å². The number of sulfone groups is 1. The maximum Gasteiger partial charge on any atom is 0.330 e. The van der Waals surface area contributed by atoms with E-state index in [2.05, 4.69) is 0 Å². The molecule has 0 aliphatic carbocycles. The molecule has 1 rings (SSSR count). The molecule has 0 N–H and O–H groups in total. The highest BCUT2D eigenvalue weighted by Gasteiger charge is 2.05. The molecule has 104 valence electrons. The van der Waals surface area contributed by atoms with Crippen LogP contribution in [-0.4, -0.2) is 33.9 Å². The zero-order valence-corrected chi connectivity index (χ0v) is 11.6. The molecule has 5 nitrogen and oxygen atoms in total. The molecule has 0 aliphatic heterocycles. The Kier molecular flexibility index (Phi) is 5.57. The predicted molar refractivity (Wildman–Crippen MR) is 70.8 cm³/mol. The van der Waals surface area contributed by atoms with Gasteiger partial charge in [-0.3, -0.25) is 0 Å². The fraction of sp³-hybridized carbons (Fsp3) is 0.308. The lowest BCUT2D eigenvalue weighted by molar-refractivity contribution is -0.137. The number of esters is 1. The van der Waals surface area contributed by atoms with E-state index in [1.165, 1.54) is 24.3 Å². The number of hydrogen-bond acceptors (Lipinski definition) is 5.